The van der Waals surface area contributed by atoms with Crippen LogP contribution in [-0.4, -0.2) is 53.4 Å². The number of carbonyl (C=O) groups excluding carboxylic acids is 1. The Kier molecular flexibility index (Phi) is 6.95. The molecule has 1 amide bonds. The minimum absolute atomic E-state index is 0.0209. The van der Waals surface area contributed by atoms with Crippen LogP contribution in [0.4, 0.5) is 11.4 Å². The van der Waals surface area contributed by atoms with Crippen LogP contribution in [-0.2, 0) is 11.3 Å². The van der Waals surface area contributed by atoms with Crippen molar-refractivity contribution in [3.63, 3.8) is 0 Å². The van der Waals surface area contributed by atoms with Gasteiger partial charge in [0.2, 0.25) is 5.91 Å². The van der Waals surface area contributed by atoms with E-state index < -0.39 is 4.92 Å². The van der Waals surface area contributed by atoms with Crippen LogP contribution in [0.3, 0.4) is 0 Å². The molecule has 29 heavy (non-hydrogen) atoms. The first kappa shape index (κ1) is 21.0. The van der Waals surface area contributed by atoms with Crippen LogP contribution in [0, 0.1) is 24.0 Å². The predicted octanol–water partition coefficient (Wildman–Crippen LogP) is 3.36. The molecule has 1 N–H and O–H groups in total. The van der Waals surface area contributed by atoms with Gasteiger partial charge < -0.3 is 10.2 Å². The molecule has 1 saturated heterocycles. The first-order chi connectivity index (χ1) is 13.9. The molecular formula is C22H28N4O3. The standard InChI is InChI=1S/C22H28N4O3/c1-17-5-3-6-19(15-17)16-25-13-11-24(12-14-25)10-9-22(27)23-20-7-4-8-21(18(20)2)26(28)29/h3-8,15H,9-14,16H2,1-2H3,(H,23,27). The number of hydrogen-bond donors (Lipinski definition) is 1. The highest BCUT2D eigenvalue weighted by Crippen LogP contribution is 2.25. The monoisotopic (exact) mass is 396 g/mol. The van der Waals surface area contributed by atoms with E-state index in [1.807, 2.05) is 0 Å². The number of nitrogens with zero attached hydrogens (tertiary/aromatic N) is 3. The largest absolute Gasteiger partial charge is 0.326 e. The third-order valence-electron chi connectivity index (χ3n) is 5.38. The Morgan fingerprint density at radius 2 is 1.76 bits per heavy atom. The smallest absolute Gasteiger partial charge is 0.274 e. The Balaban J connectivity index is 1.43. The Labute approximate surface area is 171 Å². The lowest BCUT2D eigenvalue weighted by atomic mass is 10.1. The zero-order valence-corrected chi connectivity index (χ0v) is 17.1. The number of benzene rings is 2. The van der Waals surface area contributed by atoms with Gasteiger partial charge in [0.1, 0.15) is 0 Å². The first-order valence-electron chi connectivity index (χ1n) is 9.96. The molecule has 0 radical (unpaired) electrons. The van der Waals surface area contributed by atoms with Crippen molar-refractivity contribution in [2.75, 3.05) is 38.0 Å². The molecule has 2 aromatic rings. The van der Waals surface area contributed by atoms with Crippen molar-refractivity contribution in [3.8, 4) is 0 Å². The Morgan fingerprint density at radius 3 is 2.45 bits per heavy atom. The van der Waals surface area contributed by atoms with Crippen molar-refractivity contribution >= 4 is 17.3 Å². The second-order valence-electron chi connectivity index (χ2n) is 7.61. The van der Waals surface area contributed by atoms with E-state index in [0.29, 0.717) is 24.2 Å². The van der Waals surface area contributed by atoms with Gasteiger partial charge in [-0.25, -0.2) is 0 Å². The number of carbonyl (C=O) groups is 1. The van der Waals surface area contributed by atoms with Crippen LogP contribution in [0.1, 0.15) is 23.1 Å². The second kappa shape index (κ2) is 9.62. The number of piperazine rings is 1. The third kappa shape index (κ3) is 5.85. The van der Waals surface area contributed by atoms with Gasteiger partial charge in [-0.2, -0.15) is 0 Å². The zero-order chi connectivity index (χ0) is 20.8. The van der Waals surface area contributed by atoms with E-state index in [2.05, 4.69) is 46.3 Å². The Morgan fingerprint density at radius 1 is 1.07 bits per heavy atom. The fraction of sp³-hybridized carbons (Fsp3) is 0.409. The number of nitro benzene ring substituents is 1. The Bertz CT molecular complexity index is 876. The molecule has 0 saturated carbocycles. The van der Waals surface area contributed by atoms with Crippen LogP contribution >= 0.6 is 0 Å². The van der Waals surface area contributed by atoms with Gasteiger partial charge in [0.25, 0.3) is 5.69 Å². The molecule has 1 aliphatic heterocycles. The molecular weight excluding hydrogens is 368 g/mol. The van der Waals surface area contributed by atoms with Crippen LogP contribution in [0.25, 0.3) is 0 Å². The summed E-state index contributed by atoms with van der Waals surface area (Å²) in [4.78, 5) is 27.7. The third-order valence-corrected chi connectivity index (χ3v) is 5.38. The molecule has 0 atom stereocenters. The summed E-state index contributed by atoms with van der Waals surface area (Å²) in [6.07, 6.45) is 0.375. The molecule has 154 valence electrons. The summed E-state index contributed by atoms with van der Waals surface area (Å²) in [5.74, 6) is -0.115. The molecule has 3 rings (SSSR count). The second-order valence-corrected chi connectivity index (χ2v) is 7.61. The van der Waals surface area contributed by atoms with Gasteiger partial charge in [-0.05, 0) is 25.5 Å². The van der Waals surface area contributed by atoms with Crippen molar-refractivity contribution in [3.05, 3.63) is 69.3 Å². The van der Waals surface area contributed by atoms with Gasteiger partial charge in [0.05, 0.1) is 16.2 Å². The predicted molar refractivity (Wildman–Crippen MR) is 114 cm³/mol. The summed E-state index contributed by atoms with van der Waals surface area (Å²) in [5, 5.41) is 13.8. The van der Waals surface area contributed by atoms with E-state index in [1.54, 1.807) is 19.1 Å². The number of rotatable bonds is 7. The quantitative estimate of drug-likeness (QED) is 0.573. The average molecular weight is 396 g/mol. The van der Waals surface area contributed by atoms with E-state index in [0.717, 1.165) is 32.7 Å². The van der Waals surface area contributed by atoms with Crippen molar-refractivity contribution in [1.29, 1.82) is 0 Å². The number of nitro groups is 1. The van der Waals surface area contributed by atoms with Crippen molar-refractivity contribution in [1.82, 2.24) is 9.80 Å². The molecule has 7 heteroatoms. The summed E-state index contributed by atoms with van der Waals surface area (Å²) < 4.78 is 0. The maximum absolute atomic E-state index is 12.3. The van der Waals surface area contributed by atoms with Crippen LogP contribution in [0.5, 0.6) is 0 Å². The lowest BCUT2D eigenvalue weighted by molar-refractivity contribution is -0.385. The van der Waals surface area contributed by atoms with Crippen LogP contribution in [0.15, 0.2) is 42.5 Å². The molecule has 7 nitrogen and oxygen atoms in total. The van der Waals surface area contributed by atoms with E-state index in [-0.39, 0.29) is 11.6 Å². The minimum atomic E-state index is -0.429. The van der Waals surface area contributed by atoms with Gasteiger partial charge in [-0.1, -0.05) is 35.9 Å². The number of nitrogens with one attached hydrogen (secondary N) is 1. The van der Waals surface area contributed by atoms with E-state index in [1.165, 1.54) is 17.2 Å². The molecule has 0 aromatic heterocycles. The van der Waals surface area contributed by atoms with Gasteiger partial charge in [0, 0.05) is 51.8 Å². The van der Waals surface area contributed by atoms with Crippen molar-refractivity contribution in [2.24, 2.45) is 0 Å². The number of amides is 1. The van der Waals surface area contributed by atoms with Gasteiger partial charge in [-0.3, -0.25) is 19.8 Å². The summed E-state index contributed by atoms with van der Waals surface area (Å²) in [5.41, 5.74) is 3.63. The van der Waals surface area contributed by atoms with Gasteiger partial charge in [-0.15, -0.1) is 0 Å². The Hall–Kier alpha value is -2.77. The molecule has 0 unspecified atom stereocenters. The maximum atomic E-state index is 12.3. The average Bonchev–Trinajstić information content (AvgIpc) is 2.69. The van der Waals surface area contributed by atoms with Crippen LogP contribution < -0.4 is 5.32 Å². The number of anilines is 1. The molecule has 1 aliphatic rings. The van der Waals surface area contributed by atoms with Crippen molar-refractivity contribution < 1.29 is 9.72 Å². The highest BCUT2D eigenvalue weighted by Gasteiger charge is 2.19. The molecule has 2 aromatic carbocycles. The summed E-state index contributed by atoms with van der Waals surface area (Å²) in [6.45, 7) is 9.27. The number of hydrogen-bond acceptors (Lipinski definition) is 5. The fourth-order valence-electron chi connectivity index (χ4n) is 3.67. The summed E-state index contributed by atoms with van der Waals surface area (Å²) in [6, 6.07) is 13.3. The maximum Gasteiger partial charge on any atom is 0.274 e. The lowest BCUT2D eigenvalue weighted by Crippen LogP contribution is -2.46. The van der Waals surface area contributed by atoms with E-state index in [4.69, 9.17) is 0 Å². The zero-order valence-electron chi connectivity index (χ0n) is 17.1. The van der Waals surface area contributed by atoms with E-state index >= 15 is 0 Å². The topological polar surface area (TPSA) is 78.7 Å². The van der Waals surface area contributed by atoms with Crippen LogP contribution in [0.2, 0.25) is 0 Å². The normalized spacial score (nSPS) is 15.2. The minimum Gasteiger partial charge on any atom is -0.326 e. The summed E-state index contributed by atoms with van der Waals surface area (Å²) >= 11 is 0. The van der Waals surface area contributed by atoms with E-state index in [9.17, 15) is 14.9 Å². The highest BCUT2D eigenvalue weighted by molar-refractivity contribution is 5.92. The van der Waals surface area contributed by atoms with Gasteiger partial charge >= 0.3 is 0 Å². The van der Waals surface area contributed by atoms with Crippen molar-refractivity contribution in [2.45, 2.75) is 26.8 Å². The molecule has 1 heterocycles. The first-order valence-corrected chi connectivity index (χ1v) is 9.96. The van der Waals surface area contributed by atoms with Gasteiger partial charge in [0.15, 0.2) is 0 Å². The molecule has 1 fully saturated rings. The molecule has 0 spiro atoms. The summed E-state index contributed by atoms with van der Waals surface area (Å²) in [7, 11) is 0. The SMILES string of the molecule is Cc1cccc(CN2CCN(CCC(=O)Nc3cccc([N+](=O)[O-])c3C)CC2)c1. The molecule has 0 aliphatic carbocycles. The lowest BCUT2D eigenvalue weighted by Gasteiger charge is -2.34. The molecule has 0 bridgehead atoms. The fourth-order valence-corrected chi connectivity index (χ4v) is 3.67. The number of aryl methyl sites for hydroxylation is 1. The highest BCUT2D eigenvalue weighted by atomic mass is 16.6.